The SMILES string of the molecule is CCCCn1nnnc1-c1cc(C)cc(N)c1. The molecule has 0 saturated heterocycles. The zero-order valence-corrected chi connectivity index (χ0v) is 10.2. The van der Waals surface area contributed by atoms with Crippen LogP contribution in [-0.2, 0) is 6.54 Å². The predicted octanol–water partition coefficient (Wildman–Crippen LogP) is 2.03. The van der Waals surface area contributed by atoms with Crippen LogP contribution in [0.2, 0.25) is 0 Å². The Kier molecular flexibility index (Phi) is 3.37. The summed E-state index contributed by atoms with van der Waals surface area (Å²) in [5, 5.41) is 11.8. The third-order valence-corrected chi connectivity index (χ3v) is 2.61. The number of unbranched alkanes of at least 4 members (excludes halogenated alkanes) is 1. The van der Waals surface area contributed by atoms with Crippen LogP contribution in [0, 0.1) is 6.92 Å². The van der Waals surface area contributed by atoms with Gasteiger partial charge < -0.3 is 5.73 Å². The van der Waals surface area contributed by atoms with Crippen LogP contribution < -0.4 is 5.73 Å². The zero-order valence-electron chi connectivity index (χ0n) is 10.2. The molecular weight excluding hydrogens is 214 g/mol. The van der Waals surface area contributed by atoms with E-state index in [4.69, 9.17) is 5.73 Å². The van der Waals surface area contributed by atoms with Crippen LogP contribution in [0.1, 0.15) is 25.3 Å². The second-order valence-electron chi connectivity index (χ2n) is 4.21. The van der Waals surface area contributed by atoms with E-state index in [9.17, 15) is 0 Å². The molecule has 5 heteroatoms. The number of hydrogen-bond acceptors (Lipinski definition) is 4. The van der Waals surface area contributed by atoms with Crippen LogP contribution in [0.25, 0.3) is 11.4 Å². The molecule has 0 atom stereocenters. The van der Waals surface area contributed by atoms with E-state index in [1.54, 1.807) is 0 Å². The molecule has 0 spiro atoms. The first-order chi connectivity index (χ1) is 8.20. The average Bonchev–Trinajstić information content (AvgIpc) is 2.73. The van der Waals surface area contributed by atoms with E-state index in [-0.39, 0.29) is 0 Å². The molecule has 0 bridgehead atoms. The van der Waals surface area contributed by atoms with Crippen molar-refractivity contribution in [2.45, 2.75) is 33.2 Å². The molecule has 0 aliphatic heterocycles. The first-order valence-corrected chi connectivity index (χ1v) is 5.84. The molecule has 1 heterocycles. The third kappa shape index (κ3) is 2.61. The highest BCUT2D eigenvalue weighted by atomic mass is 15.5. The molecule has 0 unspecified atom stereocenters. The molecule has 1 aromatic heterocycles. The Bertz CT molecular complexity index is 483. The van der Waals surface area contributed by atoms with Gasteiger partial charge in [-0.05, 0) is 47.5 Å². The summed E-state index contributed by atoms with van der Waals surface area (Å²) in [7, 11) is 0. The lowest BCUT2D eigenvalue weighted by Crippen LogP contribution is -2.03. The molecule has 2 aromatic rings. The van der Waals surface area contributed by atoms with Crippen molar-refractivity contribution >= 4 is 5.69 Å². The maximum absolute atomic E-state index is 5.84. The van der Waals surface area contributed by atoms with Gasteiger partial charge in [-0.2, -0.15) is 0 Å². The van der Waals surface area contributed by atoms with Gasteiger partial charge in [0.2, 0.25) is 0 Å². The molecule has 0 saturated carbocycles. The Balaban J connectivity index is 2.35. The number of nitrogens with zero attached hydrogens (tertiary/aromatic N) is 4. The number of anilines is 1. The Morgan fingerprint density at radius 2 is 2.12 bits per heavy atom. The lowest BCUT2D eigenvalue weighted by molar-refractivity contribution is 0.557. The number of tetrazole rings is 1. The fourth-order valence-electron chi connectivity index (χ4n) is 1.81. The summed E-state index contributed by atoms with van der Waals surface area (Å²) in [6.07, 6.45) is 2.19. The van der Waals surface area contributed by atoms with Crippen molar-refractivity contribution < 1.29 is 0 Å². The minimum Gasteiger partial charge on any atom is -0.399 e. The fourth-order valence-corrected chi connectivity index (χ4v) is 1.81. The number of nitrogen functional groups attached to an aromatic ring is 1. The number of hydrogen-bond donors (Lipinski definition) is 1. The van der Waals surface area contributed by atoms with E-state index >= 15 is 0 Å². The second-order valence-corrected chi connectivity index (χ2v) is 4.21. The standard InChI is InChI=1S/C12H17N5/c1-3-4-5-17-12(14-15-16-17)10-6-9(2)7-11(13)8-10/h6-8H,3-5,13H2,1-2H3. The number of aryl methyl sites for hydroxylation is 2. The maximum Gasteiger partial charge on any atom is 0.182 e. The van der Waals surface area contributed by atoms with Gasteiger partial charge in [0.1, 0.15) is 0 Å². The van der Waals surface area contributed by atoms with Crippen LogP contribution in [0.4, 0.5) is 5.69 Å². The topological polar surface area (TPSA) is 69.6 Å². The van der Waals surface area contributed by atoms with E-state index < -0.39 is 0 Å². The van der Waals surface area contributed by atoms with Gasteiger partial charge in [0.15, 0.2) is 5.82 Å². The highest BCUT2D eigenvalue weighted by Gasteiger charge is 2.09. The molecule has 0 fully saturated rings. The number of benzene rings is 1. The van der Waals surface area contributed by atoms with Crippen molar-refractivity contribution in [1.29, 1.82) is 0 Å². The van der Waals surface area contributed by atoms with E-state index in [0.717, 1.165) is 42.0 Å². The molecular formula is C12H17N5. The fraction of sp³-hybridized carbons (Fsp3) is 0.417. The normalized spacial score (nSPS) is 10.7. The quantitative estimate of drug-likeness (QED) is 0.817. The van der Waals surface area contributed by atoms with E-state index in [1.807, 2.05) is 29.8 Å². The molecule has 0 aliphatic carbocycles. The lowest BCUT2D eigenvalue weighted by Gasteiger charge is -2.05. The molecule has 0 amide bonds. The molecule has 90 valence electrons. The summed E-state index contributed by atoms with van der Waals surface area (Å²) >= 11 is 0. The minimum atomic E-state index is 0.741. The Morgan fingerprint density at radius 1 is 1.29 bits per heavy atom. The van der Waals surface area contributed by atoms with Crippen LogP contribution in [-0.4, -0.2) is 20.2 Å². The summed E-state index contributed by atoms with van der Waals surface area (Å²) in [5.41, 5.74) is 8.67. The van der Waals surface area contributed by atoms with E-state index in [2.05, 4.69) is 22.4 Å². The van der Waals surface area contributed by atoms with Gasteiger partial charge in [-0.3, -0.25) is 0 Å². The van der Waals surface area contributed by atoms with Gasteiger partial charge in [-0.25, -0.2) is 4.68 Å². The van der Waals surface area contributed by atoms with Crippen molar-refractivity contribution in [2.24, 2.45) is 0 Å². The van der Waals surface area contributed by atoms with Crippen LogP contribution in [0.5, 0.6) is 0 Å². The van der Waals surface area contributed by atoms with E-state index in [1.165, 1.54) is 0 Å². The number of nitrogens with two attached hydrogens (primary N) is 1. The van der Waals surface area contributed by atoms with Gasteiger partial charge in [0.05, 0.1) is 0 Å². The lowest BCUT2D eigenvalue weighted by atomic mass is 10.1. The highest BCUT2D eigenvalue weighted by molar-refractivity contribution is 5.62. The molecule has 2 N–H and O–H groups in total. The molecule has 5 nitrogen and oxygen atoms in total. The molecule has 17 heavy (non-hydrogen) atoms. The largest absolute Gasteiger partial charge is 0.399 e. The molecule has 1 aromatic carbocycles. The zero-order chi connectivity index (χ0) is 12.3. The number of rotatable bonds is 4. The monoisotopic (exact) mass is 231 g/mol. The van der Waals surface area contributed by atoms with Gasteiger partial charge in [-0.1, -0.05) is 13.3 Å². The predicted molar refractivity (Wildman–Crippen MR) is 67.3 cm³/mol. The van der Waals surface area contributed by atoms with Crippen molar-refractivity contribution in [3.05, 3.63) is 23.8 Å². The van der Waals surface area contributed by atoms with Crippen molar-refractivity contribution in [1.82, 2.24) is 20.2 Å². The van der Waals surface area contributed by atoms with Gasteiger partial charge in [-0.15, -0.1) is 5.10 Å². The van der Waals surface area contributed by atoms with E-state index in [0.29, 0.717) is 0 Å². The van der Waals surface area contributed by atoms with Gasteiger partial charge >= 0.3 is 0 Å². The Labute approximate surface area is 101 Å². The second kappa shape index (κ2) is 4.95. The third-order valence-electron chi connectivity index (χ3n) is 2.61. The van der Waals surface area contributed by atoms with Crippen molar-refractivity contribution in [3.8, 4) is 11.4 Å². The minimum absolute atomic E-state index is 0.741. The summed E-state index contributed by atoms with van der Waals surface area (Å²) in [5.74, 6) is 0.786. The maximum atomic E-state index is 5.84. The summed E-state index contributed by atoms with van der Waals surface area (Å²) in [6.45, 7) is 5.00. The van der Waals surface area contributed by atoms with Crippen LogP contribution >= 0.6 is 0 Å². The summed E-state index contributed by atoms with van der Waals surface area (Å²) in [4.78, 5) is 0. The molecule has 0 radical (unpaired) electrons. The molecule has 2 rings (SSSR count). The first kappa shape index (κ1) is 11.6. The van der Waals surface area contributed by atoms with Crippen LogP contribution in [0.15, 0.2) is 18.2 Å². The average molecular weight is 231 g/mol. The van der Waals surface area contributed by atoms with Gasteiger partial charge in [0, 0.05) is 17.8 Å². The van der Waals surface area contributed by atoms with Crippen molar-refractivity contribution in [2.75, 3.05) is 5.73 Å². The Hall–Kier alpha value is -1.91. The van der Waals surface area contributed by atoms with Gasteiger partial charge in [0.25, 0.3) is 0 Å². The highest BCUT2D eigenvalue weighted by Crippen LogP contribution is 2.21. The summed E-state index contributed by atoms with van der Waals surface area (Å²) in [6, 6.07) is 5.88. The number of aromatic nitrogens is 4. The smallest absolute Gasteiger partial charge is 0.182 e. The summed E-state index contributed by atoms with van der Waals surface area (Å²) < 4.78 is 1.83. The Morgan fingerprint density at radius 3 is 2.82 bits per heavy atom. The molecule has 0 aliphatic rings. The first-order valence-electron chi connectivity index (χ1n) is 5.84. The van der Waals surface area contributed by atoms with Crippen LogP contribution in [0.3, 0.4) is 0 Å². The van der Waals surface area contributed by atoms with Crippen molar-refractivity contribution in [3.63, 3.8) is 0 Å².